The molecule has 1 aromatic carbocycles. The quantitative estimate of drug-likeness (QED) is 0.910. The highest BCUT2D eigenvalue weighted by Gasteiger charge is 2.34. The Morgan fingerprint density at radius 3 is 2.65 bits per heavy atom. The standard InChI is InChI=1S/C14H17FN2O3/c1-4-14(5-2,19-3)13-16-12(20-17-13)10-8-9(15)6-7-11(10)18/h6-8,18H,4-5H2,1-3H3. The minimum Gasteiger partial charge on any atom is -0.507 e. The van der Waals surface area contributed by atoms with E-state index in [0.717, 1.165) is 12.1 Å². The molecule has 0 amide bonds. The van der Waals surface area contributed by atoms with Crippen LogP contribution in [0.4, 0.5) is 4.39 Å². The molecule has 0 atom stereocenters. The van der Waals surface area contributed by atoms with Gasteiger partial charge in [0.2, 0.25) is 5.82 Å². The highest BCUT2D eigenvalue weighted by atomic mass is 19.1. The molecule has 0 radical (unpaired) electrons. The minimum atomic E-state index is -0.634. The van der Waals surface area contributed by atoms with E-state index in [4.69, 9.17) is 9.26 Å². The first-order valence-electron chi connectivity index (χ1n) is 6.44. The monoisotopic (exact) mass is 280 g/mol. The first kappa shape index (κ1) is 14.5. The van der Waals surface area contributed by atoms with Gasteiger partial charge in [0.05, 0.1) is 5.56 Å². The molecule has 2 aromatic rings. The SMILES string of the molecule is CCC(CC)(OC)c1noc(-c2cc(F)ccc2O)n1. The average Bonchev–Trinajstić information content (AvgIpc) is 2.94. The lowest BCUT2D eigenvalue weighted by atomic mass is 9.96. The maximum atomic E-state index is 13.2. The Bertz CT molecular complexity index is 586. The van der Waals surface area contributed by atoms with Crippen molar-refractivity contribution in [3.05, 3.63) is 29.8 Å². The number of benzene rings is 1. The Kier molecular flexibility index (Phi) is 4.04. The molecule has 0 fully saturated rings. The van der Waals surface area contributed by atoms with Crippen LogP contribution in [0.5, 0.6) is 5.75 Å². The maximum absolute atomic E-state index is 13.2. The number of ether oxygens (including phenoxy) is 1. The smallest absolute Gasteiger partial charge is 0.261 e. The fourth-order valence-corrected chi connectivity index (χ4v) is 2.14. The summed E-state index contributed by atoms with van der Waals surface area (Å²) in [6.45, 7) is 3.92. The van der Waals surface area contributed by atoms with Gasteiger partial charge in [-0.05, 0) is 31.0 Å². The van der Waals surface area contributed by atoms with Gasteiger partial charge in [0, 0.05) is 7.11 Å². The number of rotatable bonds is 5. The number of aromatic nitrogens is 2. The third kappa shape index (κ3) is 2.38. The molecule has 0 aliphatic rings. The van der Waals surface area contributed by atoms with Gasteiger partial charge in [0.15, 0.2) is 0 Å². The summed E-state index contributed by atoms with van der Waals surface area (Å²) in [7, 11) is 1.59. The van der Waals surface area contributed by atoms with Crippen LogP contribution in [0.15, 0.2) is 22.7 Å². The lowest BCUT2D eigenvalue weighted by Gasteiger charge is -2.25. The van der Waals surface area contributed by atoms with Crippen molar-refractivity contribution in [2.45, 2.75) is 32.3 Å². The van der Waals surface area contributed by atoms with E-state index in [1.807, 2.05) is 13.8 Å². The van der Waals surface area contributed by atoms with Crippen LogP contribution in [0.1, 0.15) is 32.5 Å². The van der Waals surface area contributed by atoms with Crippen LogP contribution in [0.3, 0.4) is 0 Å². The van der Waals surface area contributed by atoms with E-state index in [0.29, 0.717) is 18.7 Å². The second kappa shape index (κ2) is 5.58. The molecule has 1 aromatic heterocycles. The van der Waals surface area contributed by atoms with Crippen molar-refractivity contribution in [3.63, 3.8) is 0 Å². The lowest BCUT2D eigenvalue weighted by Crippen LogP contribution is -2.28. The normalized spacial score (nSPS) is 11.8. The van der Waals surface area contributed by atoms with E-state index < -0.39 is 11.4 Å². The maximum Gasteiger partial charge on any atom is 0.261 e. The van der Waals surface area contributed by atoms with Gasteiger partial charge in [-0.3, -0.25) is 0 Å². The number of aromatic hydroxyl groups is 1. The Balaban J connectivity index is 2.45. The molecule has 1 N–H and O–H groups in total. The van der Waals surface area contributed by atoms with E-state index in [2.05, 4.69) is 10.1 Å². The molecule has 0 saturated heterocycles. The van der Waals surface area contributed by atoms with E-state index >= 15 is 0 Å². The van der Waals surface area contributed by atoms with Crippen LogP contribution in [-0.4, -0.2) is 22.4 Å². The van der Waals surface area contributed by atoms with Crippen LogP contribution in [0.2, 0.25) is 0 Å². The Morgan fingerprint density at radius 1 is 1.35 bits per heavy atom. The first-order valence-corrected chi connectivity index (χ1v) is 6.44. The summed E-state index contributed by atoms with van der Waals surface area (Å²) < 4.78 is 23.9. The number of hydrogen-bond donors (Lipinski definition) is 1. The third-order valence-electron chi connectivity index (χ3n) is 3.56. The lowest BCUT2D eigenvalue weighted by molar-refractivity contribution is -0.0306. The zero-order valence-corrected chi connectivity index (χ0v) is 11.7. The molecule has 5 nitrogen and oxygen atoms in total. The zero-order chi connectivity index (χ0) is 14.8. The molecule has 1 heterocycles. The second-order valence-corrected chi connectivity index (χ2v) is 4.49. The molecule has 108 valence electrons. The molecule has 0 saturated carbocycles. The minimum absolute atomic E-state index is 0.0697. The van der Waals surface area contributed by atoms with Crippen molar-refractivity contribution in [1.82, 2.24) is 10.1 Å². The Labute approximate surface area is 116 Å². The number of hydrogen-bond acceptors (Lipinski definition) is 5. The van der Waals surface area contributed by atoms with Crippen LogP contribution in [-0.2, 0) is 10.3 Å². The van der Waals surface area contributed by atoms with Crippen LogP contribution < -0.4 is 0 Å². The fraction of sp³-hybridized carbons (Fsp3) is 0.429. The number of phenols is 1. The number of nitrogens with zero attached hydrogens (tertiary/aromatic N) is 2. The predicted molar refractivity (Wildman–Crippen MR) is 70.6 cm³/mol. The van der Waals surface area contributed by atoms with Gasteiger partial charge in [0.25, 0.3) is 5.89 Å². The molecule has 20 heavy (non-hydrogen) atoms. The summed E-state index contributed by atoms with van der Waals surface area (Å²) in [4.78, 5) is 4.24. The summed E-state index contributed by atoms with van der Waals surface area (Å²) >= 11 is 0. The van der Waals surface area contributed by atoms with Crippen molar-refractivity contribution in [1.29, 1.82) is 0 Å². The summed E-state index contributed by atoms with van der Waals surface area (Å²) in [5.74, 6) is -0.136. The average molecular weight is 280 g/mol. The van der Waals surface area contributed by atoms with Crippen molar-refractivity contribution < 1.29 is 18.8 Å². The predicted octanol–water partition coefficient (Wildman–Crippen LogP) is 3.24. The summed E-state index contributed by atoms with van der Waals surface area (Å²) in [6, 6.07) is 3.56. The van der Waals surface area contributed by atoms with Crippen molar-refractivity contribution in [2.75, 3.05) is 7.11 Å². The summed E-state index contributed by atoms with van der Waals surface area (Å²) in [5.41, 5.74) is -0.467. The highest BCUT2D eigenvalue weighted by Crippen LogP contribution is 2.34. The molecular formula is C14H17FN2O3. The molecule has 6 heteroatoms. The zero-order valence-electron chi connectivity index (χ0n) is 11.7. The van der Waals surface area contributed by atoms with Crippen molar-refractivity contribution >= 4 is 0 Å². The van der Waals surface area contributed by atoms with Gasteiger partial charge in [-0.2, -0.15) is 4.98 Å². The summed E-state index contributed by atoms with van der Waals surface area (Å²) in [6.07, 6.45) is 1.35. The van der Waals surface area contributed by atoms with Crippen molar-refractivity contribution in [2.24, 2.45) is 0 Å². The summed E-state index contributed by atoms with van der Waals surface area (Å²) in [5, 5.41) is 13.7. The molecule has 0 spiro atoms. The van der Waals surface area contributed by atoms with Gasteiger partial charge < -0.3 is 14.4 Å². The fourth-order valence-electron chi connectivity index (χ4n) is 2.14. The molecule has 0 aliphatic heterocycles. The highest BCUT2D eigenvalue weighted by molar-refractivity contribution is 5.61. The van der Waals surface area contributed by atoms with Gasteiger partial charge in [-0.1, -0.05) is 19.0 Å². The molecule has 0 aliphatic carbocycles. The van der Waals surface area contributed by atoms with E-state index in [9.17, 15) is 9.50 Å². The van der Waals surface area contributed by atoms with Gasteiger partial charge in [0.1, 0.15) is 17.2 Å². The van der Waals surface area contributed by atoms with Gasteiger partial charge >= 0.3 is 0 Å². The third-order valence-corrected chi connectivity index (χ3v) is 3.56. The molecule has 2 rings (SSSR count). The van der Waals surface area contributed by atoms with E-state index in [1.165, 1.54) is 6.07 Å². The van der Waals surface area contributed by atoms with Crippen LogP contribution in [0, 0.1) is 5.82 Å². The number of phenolic OH excluding ortho intramolecular Hbond substituents is 1. The number of methoxy groups -OCH3 is 1. The topological polar surface area (TPSA) is 68.4 Å². The molecule has 0 bridgehead atoms. The molecular weight excluding hydrogens is 263 g/mol. The van der Waals surface area contributed by atoms with Crippen LogP contribution >= 0.6 is 0 Å². The van der Waals surface area contributed by atoms with Crippen LogP contribution in [0.25, 0.3) is 11.5 Å². The van der Waals surface area contributed by atoms with E-state index in [1.54, 1.807) is 7.11 Å². The first-order chi connectivity index (χ1) is 9.56. The van der Waals surface area contributed by atoms with E-state index in [-0.39, 0.29) is 17.2 Å². The Hall–Kier alpha value is -1.95. The largest absolute Gasteiger partial charge is 0.507 e. The Morgan fingerprint density at radius 2 is 2.05 bits per heavy atom. The number of halogens is 1. The second-order valence-electron chi connectivity index (χ2n) is 4.49. The van der Waals surface area contributed by atoms with Gasteiger partial charge in [-0.15, -0.1) is 0 Å². The van der Waals surface area contributed by atoms with Crippen molar-refractivity contribution in [3.8, 4) is 17.2 Å². The van der Waals surface area contributed by atoms with Gasteiger partial charge in [-0.25, -0.2) is 4.39 Å². The molecule has 0 unspecified atom stereocenters.